The normalized spacial score (nSPS) is 18.1. The van der Waals surface area contributed by atoms with Crippen LogP contribution >= 0.6 is 0 Å². The number of aliphatic hydroxyl groups is 5. The summed E-state index contributed by atoms with van der Waals surface area (Å²) in [7, 11) is 0. The SMILES string of the molecule is CCCCCCCCCCCCCCC/C=C\C/C=C\CCCCCCCCCCCCCCCCCCCC(=O)NC(COC1OC(CO)C(O)C(O)C1O)C(O)CCCCCCCCCCCCCCCCCCCCCCCCCCC. The van der Waals surface area contributed by atoms with Crippen molar-refractivity contribution >= 4 is 5.91 Å². The van der Waals surface area contributed by atoms with Gasteiger partial charge in [-0.05, 0) is 44.9 Å². The number of hydrogen-bond donors (Lipinski definition) is 6. The van der Waals surface area contributed by atoms with Gasteiger partial charge in [0.2, 0.25) is 5.91 Å². The molecule has 0 aliphatic carbocycles. The van der Waals surface area contributed by atoms with Gasteiger partial charge in [0.05, 0.1) is 25.4 Å². The molecule has 504 valence electrons. The molecule has 1 aliphatic heterocycles. The second-order valence-corrected chi connectivity index (χ2v) is 26.8. The standard InChI is InChI=1S/C76H147NO8/c1-3-5-7-9-11-13-15-17-19-21-23-25-27-29-30-31-32-33-34-35-36-37-38-39-40-42-44-46-48-50-52-54-56-58-60-62-64-66-72(80)77-69(68-84-76-75(83)74(82)73(81)71(67-78)85-76)70(79)65-63-61-59-57-55-53-51-49-47-45-43-41-28-26-24-22-20-18-16-14-12-10-8-6-4-2/h30-31,33-34,69-71,73-76,78-79,81-83H,3-29,32,35-68H2,1-2H3,(H,77,80)/b31-30-,34-33-. The molecule has 0 aromatic heterocycles. The third kappa shape index (κ3) is 54.2. The Labute approximate surface area is 528 Å². The molecule has 85 heavy (non-hydrogen) atoms. The van der Waals surface area contributed by atoms with Crippen LogP contribution in [-0.2, 0) is 14.3 Å². The quantitative estimate of drug-likeness (QED) is 0.0261. The van der Waals surface area contributed by atoms with Gasteiger partial charge in [0.25, 0.3) is 0 Å². The Morgan fingerprint density at radius 3 is 1.01 bits per heavy atom. The molecule has 1 saturated heterocycles. The number of carbonyl (C=O) groups is 1. The highest BCUT2D eigenvalue weighted by molar-refractivity contribution is 5.76. The summed E-state index contributed by atoms with van der Waals surface area (Å²) in [6, 6.07) is -0.719. The number of hydrogen-bond acceptors (Lipinski definition) is 8. The fourth-order valence-electron chi connectivity index (χ4n) is 12.6. The van der Waals surface area contributed by atoms with E-state index in [1.807, 2.05) is 0 Å². The first kappa shape index (κ1) is 81.7. The van der Waals surface area contributed by atoms with Crippen LogP contribution in [-0.4, -0.2) is 87.5 Å². The zero-order valence-corrected chi connectivity index (χ0v) is 56.7. The van der Waals surface area contributed by atoms with Crippen molar-refractivity contribution in [3.05, 3.63) is 24.3 Å². The first-order valence-corrected chi connectivity index (χ1v) is 38.0. The zero-order valence-electron chi connectivity index (χ0n) is 56.7. The van der Waals surface area contributed by atoms with Gasteiger partial charge in [0, 0.05) is 6.42 Å². The summed E-state index contributed by atoms with van der Waals surface area (Å²) < 4.78 is 11.4. The van der Waals surface area contributed by atoms with Crippen LogP contribution in [0.25, 0.3) is 0 Å². The minimum absolute atomic E-state index is 0.133. The molecular weight excluding hydrogens is 1050 g/mol. The van der Waals surface area contributed by atoms with Gasteiger partial charge < -0.3 is 40.3 Å². The average Bonchev–Trinajstić information content (AvgIpc) is 3.57. The van der Waals surface area contributed by atoms with Gasteiger partial charge >= 0.3 is 0 Å². The monoisotopic (exact) mass is 1200 g/mol. The number of rotatable bonds is 68. The van der Waals surface area contributed by atoms with Crippen molar-refractivity contribution in [2.24, 2.45) is 0 Å². The lowest BCUT2D eigenvalue weighted by Crippen LogP contribution is -2.60. The predicted octanol–water partition coefficient (Wildman–Crippen LogP) is 21.2. The Balaban J connectivity index is 2.06. The number of nitrogens with one attached hydrogen (secondary N) is 1. The Kier molecular flexibility index (Phi) is 63.1. The third-order valence-corrected chi connectivity index (χ3v) is 18.6. The van der Waals surface area contributed by atoms with Crippen molar-refractivity contribution in [1.29, 1.82) is 0 Å². The molecule has 1 amide bonds. The Hall–Kier alpha value is -1.33. The molecule has 1 rings (SSSR count). The highest BCUT2D eigenvalue weighted by Gasteiger charge is 2.44. The largest absolute Gasteiger partial charge is 0.394 e. The number of ether oxygens (including phenoxy) is 2. The van der Waals surface area contributed by atoms with E-state index >= 15 is 0 Å². The van der Waals surface area contributed by atoms with E-state index < -0.39 is 49.5 Å². The van der Waals surface area contributed by atoms with Crippen LogP contribution < -0.4 is 5.32 Å². The van der Waals surface area contributed by atoms with Crippen LogP contribution in [0.2, 0.25) is 0 Å². The minimum Gasteiger partial charge on any atom is -0.394 e. The van der Waals surface area contributed by atoms with Crippen LogP contribution in [0, 0.1) is 0 Å². The van der Waals surface area contributed by atoms with Crippen molar-refractivity contribution in [1.82, 2.24) is 5.32 Å². The molecule has 9 nitrogen and oxygen atoms in total. The van der Waals surface area contributed by atoms with Crippen molar-refractivity contribution in [2.75, 3.05) is 13.2 Å². The first-order chi connectivity index (χ1) is 41.8. The molecule has 0 saturated carbocycles. The van der Waals surface area contributed by atoms with Crippen molar-refractivity contribution in [3.63, 3.8) is 0 Å². The van der Waals surface area contributed by atoms with E-state index in [0.29, 0.717) is 12.8 Å². The van der Waals surface area contributed by atoms with E-state index in [4.69, 9.17) is 9.47 Å². The predicted molar refractivity (Wildman–Crippen MR) is 364 cm³/mol. The van der Waals surface area contributed by atoms with Gasteiger partial charge in [0.1, 0.15) is 24.4 Å². The second kappa shape index (κ2) is 65.6. The van der Waals surface area contributed by atoms with Crippen LogP contribution in [0.5, 0.6) is 0 Å². The van der Waals surface area contributed by atoms with Crippen LogP contribution in [0.3, 0.4) is 0 Å². The first-order valence-electron chi connectivity index (χ1n) is 38.0. The molecule has 0 radical (unpaired) electrons. The van der Waals surface area contributed by atoms with Crippen molar-refractivity contribution in [3.8, 4) is 0 Å². The molecule has 1 aliphatic rings. The lowest BCUT2D eigenvalue weighted by molar-refractivity contribution is -0.302. The summed E-state index contributed by atoms with van der Waals surface area (Å²) >= 11 is 0. The van der Waals surface area contributed by atoms with E-state index in [1.54, 1.807) is 0 Å². The van der Waals surface area contributed by atoms with Gasteiger partial charge in [-0.25, -0.2) is 0 Å². The van der Waals surface area contributed by atoms with E-state index in [9.17, 15) is 30.3 Å². The molecule has 0 bridgehead atoms. The van der Waals surface area contributed by atoms with Gasteiger partial charge in [-0.3, -0.25) is 4.79 Å². The van der Waals surface area contributed by atoms with E-state index in [-0.39, 0.29) is 12.5 Å². The molecule has 6 N–H and O–H groups in total. The molecule has 9 heteroatoms. The van der Waals surface area contributed by atoms with Gasteiger partial charge in [0.15, 0.2) is 6.29 Å². The molecule has 1 fully saturated rings. The summed E-state index contributed by atoms with van der Waals surface area (Å²) in [5.74, 6) is -0.136. The fraction of sp³-hybridized carbons (Fsp3) is 0.934. The number of amides is 1. The number of carbonyl (C=O) groups excluding carboxylic acids is 1. The Morgan fingerprint density at radius 2 is 0.694 bits per heavy atom. The van der Waals surface area contributed by atoms with Crippen LogP contribution in [0.15, 0.2) is 24.3 Å². The zero-order chi connectivity index (χ0) is 61.4. The highest BCUT2D eigenvalue weighted by Crippen LogP contribution is 2.24. The smallest absolute Gasteiger partial charge is 0.220 e. The summed E-state index contributed by atoms with van der Waals surface area (Å²) in [4.78, 5) is 13.2. The van der Waals surface area contributed by atoms with Crippen LogP contribution in [0.1, 0.15) is 399 Å². The van der Waals surface area contributed by atoms with Crippen molar-refractivity contribution < 1.29 is 39.8 Å². The lowest BCUT2D eigenvalue weighted by Gasteiger charge is -2.40. The average molecular weight is 1200 g/mol. The molecular formula is C76H147NO8. The Morgan fingerprint density at radius 1 is 0.400 bits per heavy atom. The molecule has 1 heterocycles. The highest BCUT2D eigenvalue weighted by atomic mass is 16.7. The summed E-state index contributed by atoms with van der Waals surface area (Å²) in [5.41, 5.74) is 0. The van der Waals surface area contributed by atoms with E-state index in [0.717, 1.165) is 44.9 Å². The lowest BCUT2D eigenvalue weighted by atomic mass is 9.99. The maximum absolute atomic E-state index is 13.2. The summed E-state index contributed by atoms with van der Waals surface area (Å²) in [6.07, 6.45) is 79.9. The summed E-state index contributed by atoms with van der Waals surface area (Å²) in [6.45, 7) is 3.91. The maximum Gasteiger partial charge on any atom is 0.220 e. The minimum atomic E-state index is -1.55. The number of unbranched alkanes of at least 4 members (excludes halogenated alkanes) is 54. The van der Waals surface area contributed by atoms with Crippen LogP contribution in [0.4, 0.5) is 0 Å². The number of allylic oxidation sites excluding steroid dienone is 4. The third-order valence-electron chi connectivity index (χ3n) is 18.6. The Bertz CT molecular complexity index is 1390. The van der Waals surface area contributed by atoms with Gasteiger partial charge in [-0.2, -0.15) is 0 Å². The fourth-order valence-corrected chi connectivity index (χ4v) is 12.6. The molecule has 0 aromatic rings. The molecule has 7 atom stereocenters. The number of aliphatic hydroxyl groups excluding tert-OH is 5. The molecule has 0 spiro atoms. The van der Waals surface area contributed by atoms with Crippen molar-refractivity contribution in [2.45, 2.75) is 442 Å². The second-order valence-electron chi connectivity index (χ2n) is 26.8. The van der Waals surface area contributed by atoms with Gasteiger partial charge in [-0.15, -0.1) is 0 Å². The van der Waals surface area contributed by atoms with Gasteiger partial charge in [-0.1, -0.05) is 372 Å². The van der Waals surface area contributed by atoms with E-state index in [2.05, 4.69) is 43.5 Å². The van der Waals surface area contributed by atoms with E-state index in [1.165, 1.54) is 327 Å². The maximum atomic E-state index is 13.2. The summed E-state index contributed by atoms with van der Waals surface area (Å²) in [5, 5.41) is 55.0. The molecule has 0 aromatic carbocycles. The molecule has 7 unspecified atom stereocenters. The topological polar surface area (TPSA) is 149 Å².